The van der Waals surface area contributed by atoms with Crippen molar-refractivity contribution < 1.29 is 21.6 Å². The van der Waals surface area contributed by atoms with Crippen LogP contribution in [0.3, 0.4) is 0 Å². The lowest BCUT2D eigenvalue weighted by atomic mass is 9.99. The van der Waals surface area contributed by atoms with E-state index < -0.39 is 38.6 Å². The van der Waals surface area contributed by atoms with E-state index in [0.29, 0.717) is 19.6 Å². The van der Waals surface area contributed by atoms with Gasteiger partial charge in [-0.2, -0.15) is 0 Å². The average molecular weight is 370 g/mol. The highest BCUT2D eigenvalue weighted by Gasteiger charge is 2.30. The lowest BCUT2D eigenvalue weighted by Crippen LogP contribution is -2.43. The van der Waals surface area contributed by atoms with Gasteiger partial charge in [0.25, 0.3) is 6.43 Å². The second-order valence-corrected chi connectivity index (χ2v) is 7.65. The Bertz CT molecular complexity index is 849. The van der Waals surface area contributed by atoms with Gasteiger partial charge in [-0.15, -0.1) is 0 Å². The molecule has 2 aromatic carbocycles. The molecule has 3 rings (SSSR count). The lowest BCUT2D eigenvalue weighted by Gasteiger charge is -2.27. The Morgan fingerprint density at radius 2 is 1.76 bits per heavy atom. The van der Waals surface area contributed by atoms with Gasteiger partial charge >= 0.3 is 0 Å². The second kappa shape index (κ2) is 7.15. The normalized spacial score (nSPS) is 18.5. The molecule has 2 aromatic rings. The fourth-order valence-electron chi connectivity index (χ4n) is 2.95. The van der Waals surface area contributed by atoms with Crippen molar-refractivity contribution in [3.63, 3.8) is 0 Å². The summed E-state index contributed by atoms with van der Waals surface area (Å²) in [4.78, 5) is -0.665. The first-order valence-corrected chi connectivity index (χ1v) is 9.25. The van der Waals surface area contributed by atoms with Crippen LogP contribution in [0.5, 0.6) is 0 Å². The first kappa shape index (κ1) is 17.9. The van der Waals surface area contributed by atoms with Crippen LogP contribution in [0.15, 0.2) is 52.3 Å². The molecule has 0 spiro atoms. The smallest absolute Gasteiger partial charge is 0.265 e. The molecule has 0 radical (unpaired) electrons. The van der Waals surface area contributed by atoms with Crippen molar-refractivity contribution in [1.82, 2.24) is 10.6 Å². The van der Waals surface area contributed by atoms with Crippen molar-refractivity contribution in [2.45, 2.75) is 22.3 Å². The van der Waals surface area contributed by atoms with E-state index in [9.17, 15) is 21.6 Å². The average Bonchev–Trinajstić information content (AvgIpc) is 2.62. The minimum atomic E-state index is -4.19. The molecule has 1 aliphatic rings. The summed E-state index contributed by atoms with van der Waals surface area (Å²) in [6.45, 7) is 1.75. The van der Waals surface area contributed by atoms with Crippen molar-refractivity contribution in [2.24, 2.45) is 0 Å². The number of alkyl halides is 2. The van der Waals surface area contributed by atoms with E-state index in [1.807, 2.05) is 0 Å². The molecule has 1 saturated heterocycles. The molecule has 0 aromatic heterocycles. The summed E-state index contributed by atoms with van der Waals surface area (Å²) in [6, 6.07) is 7.86. The molecule has 2 N–H and O–H groups in total. The van der Waals surface area contributed by atoms with Crippen molar-refractivity contribution in [3.05, 3.63) is 59.4 Å². The van der Waals surface area contributed by atoms with Crippen LogP contribution >= 0.6 is 0 Å². The standard InChI is InChI=1S/C17H17F3N2O2S/c18-11-4-6-12(7-5-11)25(23,24)15-3-1-2-13(16(15)17(19)20)14-10-21-8-9-22-14/h1-7,14,17,21-22H,8-10H2. The van der Waals surface area contributed by atoms with E-state index in [2.05, 4.69) is 10.6 Å². The Labute approximate surface area is 144 Å². The lowest BCUT2D eigenvalue weighted by molar-refractivity contribution is 0.145. The topological polar surface area (TPSA) is 58.2 Å². The number of nitrogens with one attached hydrogen (secondary N) is 2. The van der Waals surface area contributed by atoms with Gasteiger partial charge < -0.3 is 10.6 Å². The molecule has 25 heavy (non-hydrogen) atoms. The highest BCUT2D eigenvalue weighted by Crippen LogP contribution is 2.36. The fraction of sp³-hybridized carbons (Fsp3) is 0.294. The van der Waals surface area contributed by atoms with Gasteiger partial charge in [0, 0.05) is 31.2 Å². The van der Waals surface area contributed by atoms with Gasteiger partial charge in [0.2, 0.25) is 9.84 Å². The van der Waals surface area contributed by atoms with E-state index in [1.165, 1.54) is 18.2 Å². The Morgan fingerprint density at radius 3 is 2.36 bits per heavy atom. The van der Waals surface area contributed by atoms with Crippen LogP contribution in [-0.4, -0.2) is 28.1 Å². The van der Waals surface area contributed by atoms with Gasteiger partial charge in [0.1, 0.15) is 5.82 Å². The van der Waals surface area contributed by atoms with E-state index in [4.69, 9.17) is 0 Å². The summed E-state index contributed by atoms with van der Waals surface area (Å²) in [5.41, 5.74) is -0.251. The number of halogens is 3. The van der Waals surface area contributed by atoms with Crippen LogP contribution in [-0.2, 0) is 9.84 Å². The fourth-order valence-corrected chi connectivity index (χ4v) is 4.45. The summed E-state index contributed by atoms with van der Waals surface area (Å²) in [5, 5.41) is 6.21. The van der Waals surface area contributed by atoms with Crippen molar-refractivity contribution >= 4 is 9.84 Å². The zero-order valence-electron chi connectivity index (χ0n) is 13.2. The van der Waals surface area contributed by atoms with E-state index in [1.54, 1.807) is 0 Å². The third-order valence-electron chi connectivity index (χ3n) is 4.15. The number of piperazine rings is 1. The number of sulfone groups is 1. The molecule has 0 bridgehead atoms. The van der Waals surface area contributed by atoms with Crippen LogP contribution in [0.2, 0.25) is 0 Å². The van der Waals surface area contributed by atoms with E-state index >= 15 is 0 Å². The molecular formula is C17H17F3N2O2S. The van der Waals surface area contributed by atoms with Crippen molar-refractivity contribution in [2.75, 3.05) is 19.6 Å². The maximum atomic E-state index is 13.8. The third kappa shape index (κ3) is 3.56. The minimum absolute atomic E-state index is 0.220. The summed E-state index contributed by atoms with van der Waals surface area (Å²) < 4.78 is 66.3. The van der Waals surface area contributed by atoms with Crippen LogP contribution < -0.4 is 10.6 Å². The van der Waals surface area contributed by atoms with Crippen LogP contribution in [0, 0.1) is 5.82 Å². The molecule has 1 unspecified atom stereocenters. The highest BCUT2D eigenvalue weighted by molar-refractivity contribution is 7.91. The number of hydrogen-bond donors (Lipinski definition) is 2. The molecule has 134 valence electrons. The monoisotopic (exact) mass is 370 g/mol. The highest BCUT2D eigenvalue weighted by atomic mass is 32.2. The first-order chi connectivity index (χ1) is 11.9. The van der Waals surface area contributed by atoms with Crippen LogP contribution in [0.4, 0.5) is 13.2 Å². The summed E-state index contributed by atoms with van der Waals surface area (Å²) in [7, 11) is -4.19. The van der Waals surface area contributed by atoms with E-state index in [-0.39, 0.29) is 10.5 Å². The van der Waals surface area contributed by atoms with Gasteiger partial charge in [0.15, 0.2) is 0 Å². The molecule has 0 amide bonds. The van der Waals surface area contributed by atoms with Gasteiger partial charge in [0.05, 0.1) is 9.79 Å². The van der Waals surface area contributed by atoms with Gasteiger partial charge in [-0.25, -0.2) is 21.6 Å². The molecule has 8 heteroatoms. The van der Waals surface area contributed by atoms with Crippen LogP contribution in [0.1, 0.15) is 23.6 Å². The minimum Gasteiger partial charge on any atom is -0.314 e. The Kier molecular flexibility index (Phi) is 5.12. The van der Waals surface area contributed by atoms with E-state index in [0.717, 1.165) is 24.3 Å². The second-order valence-electron chi connectivity index (χ2n) is 5.73. The quantitative estimate of drug-likeness (QED) is 0.813. The van der Waals surface area contributed by atoms with Crippen LogP contribution in [0.25, 0.3) is 0 Å². The largest absolute Gasteiger partial charge is 0.314 e. The van der Waals surface area contributed by atoms with Crippen molar-refractivity contribution in [3.8, 4) is 0 Å². The molecule has 0 saturated carbocycles. The SMILES string of the molecule is O=S(=O)(c1ccc(F)cc1)c1cccc(C2CNCCN2)c1C(F)F. The zero-order chi connectivity index (χ0) is 18.0. The summed E-state index contributed by atoms with van der Waals surface area (Å²) in [5.74, 6) is -0.598. The molecule has 0 aliphatic carbocycles. The summed E-state index contributed by atoms with van der Waals surface area (Å²) >= 11 is 0. The zero-order valence-corrected chi connectivity index (χ0v) is 14.0. The maximum Gasteiger partial charge on any atom is 0.265 e. The molecule has 1 heterocycles. The number of rotatable bonds is 4. The molecule has 4 nitrogen and oxygen atoms in total. The Morgan fingerprint density at radius 1 is 1.04 bits per heavy atom. The molecule has 1 fully saturated rings. The van der Waals surface area contributed by atoms with Gasteiger partial charge in [-0.1, -0.05) is 12.1 Å². The number of benzene rings is 2. The van der Waals surface area contributed by atoms with Crippen molar-refractivity contribution in [1.29, 1.82) is 0 Å². The maximum absolute atomic E-state index is 13.8. The predicted molar refractivity (Wildman–Crippen MR) is 86.9 cm³/mol. The number of hydrogen-bond acceptors (Lipinski definition) is 4. The Balaban J connectivity index is 2.13. The predicted octanol–water partition coefficient (Wildman–Crippen LogP) is 2.83. The van der Waals surface area contributed by atoms with Gasteiger partial charge in [-0.3, -0.25) is 0 Å². The first-order valence-electron chi connectivity index (χ1n) is 7.77. The summed E-state index contributed by atoms with van der Waals surface area (Å²) in [6.07, 6.45) is -2.95. The molecule has 1 aliphatic heterocycles. The van der Waals surface area contributed by atoms with Gasteiger partial charge in [-0.05, 0) is 35.9 Å². The Hall–Kier alpha value is -1.90. The molecule has 1 atom stereocenters. The molecular weight excluding hydrogens is 353 g/mol. The third-order valence-corrected chi connectivity index (χ3v) is 5.98.